The molecule has 1 amide bonds. The van der Waals surface area contributed by atoms with E-state index in [-0.39, 0.29) is 24.4 Å². The first-order valence-corrected chi connectivity index (χ1v) is 8.30. The highest BCUT2D eigenvalue weighted by molar-refractivity contribution is 5.92. The predicted molar refractivity (Wildman–Crippen MR) is 102 cm³/mol. The van der Waals surface area contributed by atoms with Gasteiger partial charge in [-0.1, -0.05) is 24.3 Å². The molecule has 5 nitrogen and oxygen atoms in total. The number of nitrogens with one attached hydrogen (secondary N) is 1. The number of piperidine rings is 1. The second-order valence-corrected chi connectivity index (χ2v) is 6.10. The van der Waals surface area contributed by atoms with Crippen molar-refractivity contribution in [2.45, 2.75) is 18.9 Å². The minimum atomic E-state index is -0.0117. The fraction of sp³-hybridized carbons (Fsp3) is 0.316. The van der Waals surface area contributed by atoms with Crippen molar-refractivity contribution in [3.63, 3.8) is 0 Å². The molecule has 1 aliphatic rings. The van der Waals surface area contributed by atoms with Gasteiger partial charge in [0.05, 0.1) is 6.54 Å². The molecular weight excluding hydrogens is 338 g/mol. The molecule has 0 unspecified atom stereocenters. The summed E-state index contributed by atoms with van der Waals surface area (Å²) in [6.07, 6.45) is 1.90. The van der Waals surface area contributed by atoms with Crippen LogP contribution in [-0.2, 0) is 4.79 Å². The Bertz CT molecular complexity index is 673. The van der Waals surface area contributed by atoms with Crippen LogP contribution in [0, 0.1) is 0 Å². The Balaban J connectivity index is 0.00000225. The van der Waals surface area contributed by atoms with Gasteiger partial charge in [0.1, 0.15) is 11.5 Å². The molecule has 134 valence electrons. The van der Waals surface area contributed by atoms with Gasteiger partial charge in [0, 0.05) is 30.9 Å². The molecule has 1 aliphatic heterocycles. The molecular formula is C19H24ClN3O2. The Labute approximate surface area is 154 Å². The lowest BCUT2D eigenvalue weighted by Gasteiger charge is -2.29. The summed E-state index contributed by atoms with van der Waals surface area (Å²) in [6, 6.07) is 17.3. The van der Waals surface area contributed by atoms with Crippen LogP contribution >= 0.6 is 12.4 Å². The monoisotopic (exact) mass is 361 g/mol. The minimum Gasteiger partial charge on any atom is -0.457 e. The molecule has 1 saturated heterocycles. The molecule has 25 heavy (non-hydrogen) atoms. The Morgan fingerprint density at radius 3 is 2.48 bits per heavy atom. The number of likely N-dealkylation sites (tertiary alicyclic amines) is 1. The van der Waals surface area contributed by atoms with Crippen LogP contribution in [0.3, 0.4) is 0 Å². The van der Waals surface area contributed by atoms with Gasteiger partial charge < -0.3 is 15.8 Å². The van der Waals surface area contributed by atoms with E-state index in [4.69, 9.17) is 10.5 Å². The molecule has 3 N–H and O–H groups in total. The summed E-state index contributed by atoms with van der Waals surface area (Å²) < 4.78 is 5.79. The van der Waals surface area contributed by atoms with Crippen LogP contribution < -0.4 is 15.8 Å². The standard InChI is InChI=1S/C19H23N3O2.ClH/c20-15-9-11-22(12-10-15)14-19(23)21-16-5-4-8-18(13-16)24-17-6-2-1-3-7-17;/h1-8,13,15H,9-12,14,20H2,(H,21,23);1H. The van der Waals surface area contributed by atoms with E-state index in [9.17, 15) is 4.79 Å². The van der Waals surface area contributed by atoms with E-state index in [0.717, 1.165) is 37.4 Å². The summed E-state index contributed by atoms with van der Waals surface area (Å²) >= 11 is 0. The normalized spacial score (nSPS) is 15.2. The van der Waals surface area contributed by atoms with Gasteiger partial charge >= 0.3 is 0 Å². The van der Waals surface area contributed by atoms with Crippen molar-refractivity contribution >= 4 is 24.0 Å². The van der Waals surface area contributed by atoms with Crippen LogP contribution in [0.25, 0.3) is 0 Å². The topological polar surface area (TPSA) is 67.6 Å². The lowest BCUT2D eigenvalue weighted by molar-refractivity contribution is -0.117. The van der Waals surface area contributed by atoms with Crippen LogP contribution in [0.15, 0.2) is 54.6 Å². The van der Waals surface area contributed by atoms with E-state index >= 15 is 0 Å². The molecule has 3 rings (SSSR count). The first kappa shape index (κ1) is 19.2. The maximum absolute atomic E-state index is 12.2. The molecule has 0 spiro atoms. The van der Waals surface area contributed by atoms with E-state index in [1.165, 1.54) is 0 Å². The third-order valence-electron chi connectivity index (χ3n) is 4.10. The number of amides is 1. The molecule has 0 aromatic heterocycles. The number of nitrogens with zero attached hydrogens (tertiary/aromatic N) is 1. The smallest absolute Gasteiger partial charge is 0.238 e. The maximum atomic E-state index is 12.2. The van der Waals surface area contributed by atoms with Crippen LogP contribution in [0.5, 0.6) is 11.5 Å². The second-order valence-electron chi connectivity index (χ2n) is 6.10. The Kier molecular flexibility index (Phi) is 7.25. The molecule has 0 aliphatic carbocycles. The summed E-state index contributed by atoms with van der Waals surface area (Å²) in [5.74, 6) is 1.45. The predicted octanol–water partition coefficient (Wildman–Crippen LogP) is 3.26. The van der Waals surface area contributed by atoms with E-state index in [1.807, 2.05) is 54.6 Å². The van der Waals surface area contributed by atoms with Gasteiger partial charge in [-0.25, -0.2) is 0 Å². The van der Waals surface area contributed by atoms with Gasteiger partial charge in [0.25, 0.3) is 0 Å². The molecule has 1 heterocycles. The number of carbonyl (C=O) groups excluding carboxylic acids is 1. The average Bonchev–Trinajstić information content (AvgIpc) is 2.58. The molecule has 0 atom stereocenters. The summed E-state index contributed by atoms with van der Waals surface area (Å²) in [7, 11) is 0. The summed E-state index contributed by atoms with van der Waals surface area (Å²) in [5, 5.41) is 2.93. The number of benzene rings is 2. The quantitative estimate of drug-likeness (QED) is 0.857. The Morgan fingerprint density at radius 2 is 1.76 bits per heavy atom. The van der Waals surface area contributed by atoms with Gasteiger partial charge in [0.15, 0.2) is 0 Å². The van der Waals surface area contributed by atoms with Crippen LogP contribution in [-0.4, -0.2) is 36.5 Å². The number of rotatable bonds is 5. The molecule has 2 aromatic carbocycles. The van der Waals surface area contributed by atoms with E-state index < -0.39 is 0 Å². The number of carbonyl (C=O) groups is 1. The van der Waals surface area contributed by atoms with Crippen molar-refractivity contribution in [3.8, 4) is 11.5 Å². The van der Waals surface area contributed by atoms with Crippen LogP contribution in [0.1, 0.15) is 12.8 Å². The van der Waals surface area contributed by atoms with Gasteiger partial charge in [-0.15, -0.1) is 12.4 Å². The third kappa shape index (κ3) is 6.05. The van der Waals surface area contributed by atoms with Crippen molar-refractivity contribution in [1.29, 1.82) is 0 Å². The fourth-order valence-corrected chi connectivity index (χ4v) is 2.78. The number of anilines is 1. The lowest BCUT2D eigenvalue weighted by atomic mass is 10.1. The van der Waals surface area contributed by atoms with Gasteiger partial charge in [0.2, 0.25) is 5.91 Å². The maximum Gasteiger partial charge on any atom is 0.238 e. The number of nitrogens with two attached hydrogens (primary N) is 1. The largest absolute Gasteiger partial charge is 0.457 e. The number of hydrogen-bond acceptors (Lipinski definition) is 4. The number of hydrogen-bond donors (Lipinski definition) is 2. The zero-order chi connectivity index (χ0) is 16.8. The highest BCUT2D eigenvalue weighted by Gasteiger charge is 2.18. The van der Waals surface area contributed by atoms with Crippen molar-refractivity contribution in [3.05, 3.63) is 54.6 Å². The van der Waals surface area contributed by atoms with Crippen molar-refractivity contribution in [2.24, 2.45) is 5.73 Å². The Hall–Kier alpha value is -2.08. The molecule has 0 radical (unpaired) electrons. The summed E-state index contributed by atoms with van der Waals surface area (Å²) in [6.45, 7) is 2.16. The number of ether oxygens (including phenoxy) is 1. The van der Waals surface area contributed by atoms with E-state index in [2.05, 4.69) is 10.2 Å². The first-order chi connectivity index (χ1) is 11.7. The number of halogens is 1. The van der Waals surface area contributed by atoms with Crippen LogP contribution in [0.2, 0.25) is 0 Å². The molecule has 6 heteroatoms. The molecule has 1 fully saturated rings. The average molecular weight is 362 g/mol. The zero-order valence-corrected chi connectivity index (χ0v) is 14.9. The Morgan fingerprint density at radius 1 is 1.08 bits per heavy atom. The molecule has 2 aromatic rings. The third-order valence-corrected chi connectivity index (χ3v) is 4.10. The minimum absolute atomic E-state index is 0. The van der Waals surface area contributed by atoms with Crippen molar-refractivity contribution < 1.29 is 9.53 Å². The van der Waals surface area contributed by atoms with Crippen LogP contribution in [0.4, 0.5) is 5.69 Å². The molecule has 0 saturated carbocycles. The lowest BCUT2D eigenvalue weighted by Crippen LogP contribution is -2.43. The van der Waals surface area contributed by atoms with Gasteiger partial charge in [-0.2, -0.15) is 0 Å². The first-order valence-electron chi connectivity index (χ1n) is 8.30. The van der Waals surface area contributed by atoms with E-state index in [1.54, 1.807) is 0 Å². The van der Waals surface area contributed by atoms with E-state index in [0.29, 0.717) is 12.3 Å². The number of para-hydroxylation sites is 1. The van der Waals surface area contributed by atoms with Gasteiger partial charge in [-0.05, 0) is 37.1 Å². The van der Waals surface area contributed by atoms with Gasteiger partial charge in [-0.3, -0.25) is 9.69 Å². The zero-order valence-electron chi connectivity index (χ0n) is 14.1. The SMILES string of the molecule is Cl.NC1CCN(CC(=O)Nc2cccc(Oc3ccccc3)c2)CC1. The fourth-order valence-electron chi connectivity index (χ4n) is 2.78. The summed E-state index contributed by atoms with van der Waals surface area (Å²) in [5.41, 5.74) is 6.63. The summed E-state index contributed by atoms with van der Waals surface area (Å²) in [4.78, 5) is 14.3. The van der Waals surface area contributed by atoms with Crippen molar-refractivity contribution in [1.82, 2.24) is 4.90 Å². The molecule has 0 bridgehead atoms. The van der Waals surface area contributed by atoms with Crippen molar-refractivity contribution in [2.75, 3.05) is 25.0 Å². The highest BCUT2D eigenvalue weighted by atomic mass is 35.5. The second kappa shape index (κ2) is 9.42. The highest BCUT2D eigenvalue weighted by Crippen LogP contribution is 2.23.